The van der Waals surface area contributed by atoms with Gasteiger partial charge in [-0.15, -0.1) is 0 Å². The molecule has 7 heteroatoms. The average molecular weight is 333 g/mol. The summed E-state index contributed by atoms with van der Waals surface area (Å²) in [6.07, 6.45) is 0.454. The van der Waals surface area contributed by atoms with Crippen molar-refractivity contribution in [2.75, 3.05) is 18.0 Å². The summed E-state index contributed by atoms with van der Waals surface area (Å²) in [5.74, 6) is -0.294. The number of rotatable bonds is 1. The molecule has 24 heavy (non-hydrogen) atoms. The molecule has 2 atom stereocenters. The molecule has 0 radical (unpaired) electrons. The molecule has 0 bridgehead atoms. The van der Waals surface area contributed by atoms with Gasteiger partial charge in [0.15, 0.2) is 5.69 Å². The summed E-state index contributed by atoms with van der Waals surface area (Å²) in [7, 11) is 0. The highest BCUT2D eigenvalue weighted by Gasteiger charge is 2.41. The van der Waals surface area contributed by atoms with Crippen LogP contribution in [0.3, 0.4) is 0 Å². The Morgan fingerprint density at radius 1 is 1.29 bits per heavy atom. The van der Waals surface area contributed by atoms with E-state index in [9.17, 15) is 9.59 Å². The highest BCUT2D eigenvalue weighted by atomic mass is 16.6. The fraction of sp³-hybridized carbons (Fsp3) is 0.588. The number of aromatic carboxylic acids is 1. The van der Waals surface area contributed by atoms with Crippen LogP contribution in [0.5, 0.6) is 0 Å². The molecule has 1 fully saturated rings. The topological polar surface area (TPSA) is 83.0 Å². The van der Waals surface area contributed by atoms with Crippen LogP contribution in [0, 0.1) is 0 Å². The number of ether oxygens (including phenoxy) is 1. The summed E-state index contributed by atoms with van der Waals surface area (Å²) in [6.45, 7) is 8.67. The van der Waals surface area contributed by atoms with E-state index < -0.39 is 11.6 Å². The van der Waals surface area contributed by atoms with E-state index in [4.69, 9.17) is 9.84 Å². The third kappa shape index (κ3) is 3.02. The van der Waals surface area contributed by atoms with Gasteiger partial charge < -0.3 is 19.6 Å². The maximum Gasteiger partial charge on any atom is 0.410 e. The molecular weight excluding hydrogens is 310 g/mol. The minimum atomic E-state index is -1.03. The largest absolute Gasteiger partial charge is 0.477 e. The van der Waals surface area contributed by atoms with E-state index in [-0.39, 0.29) is 23.9 Å². The number of carboxylic acid groups (broad SMARTS) is 1. The van der Waals surface area contributed by atoms with Gasteiger partial charge in [-0.2, -0.15) is 0 Å². The summed E-state index contributed by atoms with van der Waals surface area (Å²) in [4.78, 5) is 31.7. The maximum absolute atomic E-state index is 12.4. The SMILES string of the molecule is C[C@@H]1CN(C(=O)OC(C)(C)C)C[C@H]2Cc3ccc(C(=O)O)nc3N21. The van der Waals surface area contributed by atoms with Crippen LogP contribution in [0.15, 0.2) is 12.1 Å². The van der Waals surface area contributed by atoms with Crippen molar-refractivity contribution in [3.05, 3.63) is 23.4 Å². The van der Waals surface area contributed by atoms with Crippen LogP contribution in [0.25, 0.3) is 0 Å². The number of hydrogen-bond acceptors (Lipinski definition) is 5. The molecule has 0 saturated carbocycles. The van der Waals surface area contributed by atoms with Crippen LogP contribution in [-0.4, -0.2) is 57.8 Å². The highest BCUT2D eigenvalue weighted by Crippen LogP contribution is 2.35. The molecule has 0 aromatic carbocycles. The number of carbonyl (C=O) groups is 2. The zero-order valence-electron chi connectivity index (χ0n) is 14.4. The van der Waals surface area contributed by atoms with E-state index in [1.165, 1.54) is 6.07 Å². The van der Waals surface area contributed by atoms with E-state index in [1.807, 2.05) is 33.8 Å². The number of amides is 1. The second-order valence-corrected chi connectivity index (χ2v) is 7.48. The first-order chi connectivity index (χ1) is 11.2. The Morgan fingerprint density at radius 2 is 2.00 bits per heavy atom. The molecule has 2 aliphatic heterocycles. The summed E-state index contributed by atoms with van der Waals surface area (Å²) in [5, 5.41) is 9.15. The molecule has 2 aliphatic rings. The summed E-state index contributed by atoms with van der Waals surface area (Å²) in [5.41, 5.74) is 0.563. The van der Waals surface area contributed by atoms with E-state index >= 15 is 0 Å². The van der Waals surface area contributed by atoms with Gasteiger partial charge in [0, 0.05) is 19.1 Å². The standard InChI is InChI=1S/C17H23N3O4/c1-10-8-19(16(23)24-17(2,3)4)9-12-7-11-5-6-13(15(21)22)18-14(11)20(10)12/h5-6,10,12H,7-9H2,1-4H3,(H,21,22)/t10-,12-/m1/s1. The molecule has 7 nitrogen and oxygen atoms in total. The fourth-order valence-electron chi connectivity index (χ4n) is 3.44. The highest BCUT2D eigenvalue weighted by molar-refractivity contribution is 5.86. The van der Waals surface area contributed by atoms with Crippen molar-refractivity contribution in [1.29, 1.82) is 0 Å². The number of anilines is 1. The summed E-state index contributed by atoms with van der Waals surface area (Å²) < 4.78 is 5.48. The smallest absolute Gasteiger partial charge is 0.410 e. The molecule has 0 spiro atoms. The van der Waals surface area contributed by atoms with Crippen LogP contribution in [-0.2, 0) is 11.2 Å². The van der Waals surface area contributed by atoms with Gasteiger partial charge in [-0.1, -0.05) is 6.07 Å². The van der Waals surface area contributed by atoms with Gasteiger partial charge in [0.2, 0.25) is 0 Å². The molecule has 1 amide bonds. The van der Waals surface area contributed by atoms with Crippen molar-refractivity contribution in [1.82, 2.24) is 9.88 Å². The number of fused-ring (bicyclic) bond motifs is 3. The summed E-state index contributed by atoms with van der Waals surface area (Å²) in [6, 6.07) is 3.52. The van der Waals surface area contributed by atoms with Crippen molar-refractivity contribution in [3.8, 4) is 0 Å². The fourth-order valence-corrected chi connectivity index (χ4v) is 3.44. The van der Waals surface area contributed by atoms with E-state index in [0.29, 0.717) is 13.1 Å². The molecule has 3 rings (SSSR count). The molecule has 130 valence electrons. The van der Waals surface area contributed by atoms with Crippen molar-refractivity contribution in [3.63, 3.8) is 0 Å². The van der Waals surface area contributed by atoms with Crippen molar-refractivity contribution >= 4 is 17.9 Å². The minimum absolute atomic E-state index is 0.0501. The van der Waals surface area contributed by atoms with Gasteiger partial charge >= 0.3 is 12.1 Å². The van der Waals surface area contributed by atoms with Crippen molar-refractivity contribution in [2.45, 2.75) is 51.8 Å². The predicted octanol–water partition coefficient (Wildman–Crippen LogP) is 2.15. The molecule has 0 unspecified atom stereocenters. The Kier molecular flexibility index (Phi) is 3.89. The lowest BCUT2D eigenvalue weighted by Gasteiger charge is -2.43. The van der Waals surface area contributed by atoms with Gasteiger partial charge in [-0.25, -0.2) is 14.6 Å². The second kappa shape index (κ2) is 5.65. The van der Waals surface area contributed by atoms with Crippen LogP contribution in [0.1, 0.15) is 43.7 Å². The first-order valence-corrected chi connectivity index (χ1v) is 8.15. The lowest BCUT2D eigenvalue weighted by molar-refractivity contribution is 0.0191. The molecular formula is C17H23N3O4. The molecule has 1 aromatic rings. The predicted molar refractivity (Wildman–Crippen MR) is 88.4 cm³/mol. The first-order valence-electron chi connectivity index (χ1n) is 8.15. The number of piperazine rings is 1. The quantitative estimate of drug-likeness (QED) is 0.848. The van der Waals surface area contributed by atoms with Gasteiger partial charge in [0.1, 0.15) is 11.4 Å². The van der Waals surface area contributed by atoms with Crippen LogP contribution >= 0.6 is 0 Å². The normalized spacial score (nSPS) is 22.8. The lowest BCUT2D eigenvalue weighted by atomic mass is 10.1. The third-order valence-corrected chi connectivity index (χ3v) is 4.31. The number of nitrogens with zero attached hydrogens (tertiary/aromatic N) is 3. The zero-order valence-corrected chi connectivity index (χ0v) is 14.4. The molecule has 1 N–H and O–H groups in total. The molecule has 3 heterocycles. The second-order valence-electron chi connectivity index (χ2n) is 7.48. The Balaban J connectivity index is 1.80. The summed E-state index contributed by atoms with van der Waals surface area (Å²) >= 11 is 0. The van der Waals surface area contributed by atoms with Crippen LogP contribution in [0.4, 0.5) is 10.6 Å². The van der Waals surface area contributed by atoms with Gasteiger partial charge in [0.25, 0.3) is 0 Å². The number of carbonyl (C=O) groups excluding carboxylic acids is 1. The first kappa shape index (κ1) is 16.5. The molecule has 0 aliphatic carbocycles. The van der Waals surface area contributed by atoms with Crippen molar-refractivity contribution < 1.29 is 19.4 Å². The van der Waals surface area contributed by atoms with Crippen LogP contribution < -0.4 is 4.90 Å². The Labute approximate surface area is 141 Å². The van der Waals surface area contributed by atoms with Crippen LogP contribution in [0.2, 0.25) is 0 Å². The minimum Gasteiger partial charge on any atom is -0.477 e. The molecule has 1 saturated heterocycles. The lowest BCUT2D eigenvalue weighted by Crippen LogP contribution is -2.58. The maximum atomic E-state index is 12.4. The zero-order chi connectivity index (χ0) is 17.6. The average Bonchev–Trinajstić information content (AvgIpc) is 2.82. The van der Waals surface area contributed by atoms with Gasteiger partial charge in [-0.3, -0.25) is 0 Å². The van der Waals surface area contributed by atoms with Crippen molar-refractivity contribution in [2.24, 2.45) is 0 Å². The Morgan fingerprint density at radius 3 is 2.62 bits per heavy atom. The van der Waals surface area contributed by atoms with E-state index in [0.717, 1.165) is 17.8 Å². The van der Waals surface area contributed by atoms with Gasteiger partial charge in [-0.05, 0) is 45.7 Å². The number of hydrogen-bond donors (Lipinski definition) is 1. The van der Waals surface area contributed by atoms with E-state index in [2.05, 4.69) is 9.88 Å². The van der Waals surface area contributed by atoms with E-state index in [1.54, 1.807) is 4.90 Å². The number of pyridine rings is 1. The molecule has 1 aromatic heterocycles. The Bertz CT molecular complexity index is 683. The number of aromatic nitrogens is 1. The van der Waals surface area contributed by atoms with Gasteiger partial charge in [0.05, 0.1) is 6.04 Å². The number of carboxylic acids is 1. The Hall–Kier alpha value is -2.31. The monoisotopic (exact) mass is 333 g/mol. The third-order valence-electron chi connectivity index (χ3n) is 4.31.